The van der Waals surface area contributed by atoms with Crippen LogP contribution in [0, 0.1) is 26.0 Å². The largest absolute Gasteiger partial charge is 0.619 e. The number of pyridine rings is 1. The summed E-state index contributed by atoms with van der Waals surface area (Å²) in [6.45, 7) is 5.79. The monoisotopic (exact) mass is 407 g/mol. The summed E-state index contributed by atoms with van der Waals surface area (Å²) < 4.78 is 48.9. The summed E-state index contributed by atoms with van der Waals surface area (Å²) in [5.74, 6) is -0.838. The molecule has 0 bridgehead atoms. The van der Waals surface area contributed by atoms with Gasteiger partial charge in [-0.15, -0.1) is 0 Å². The third-order valence-corrected chi connectivity index (χ3v) is 4.41. The zero-order valence-electron chi connectivity index (χ0n) is 16.2. The zero-order chi connectivity index (χ0) is 21.2. The van der Waals surface area contributed by atoms with E-state index in [0.717, 1.165) is 21.4 Å². The third kappa shape index (κ3) is 4.85. The van der Waals surface area contributed by atoms with E-state index in [1.807, 2.05) is 6.07 Å². The van der Waals surface area contributed by atoms with E-state index in [1.165, 1.54) is 0 Å². The fourth-order valence-corrected chi connectivity index (χ4v) is 2.96. The first kappa shape index (κ1) is 20.6. The molecule has 0 N–H and O–H groups in total. The van der Waals surface area contributed by atoms with E-state index in [0.29, 0.717) is 36.5 Å². The first-order valence-electron chi connectivity index (χ1n) is 8.99. The summed E-state index contributed by atoms with van der Waals surface area (Å²) in [5, 5.41) is 15.0. The highest BCUT2D eigenvalue weighted by molar-refractivity contribution is 5.61. The fraction of sp³-hybridized carbons (Fsp3) is 0.350. The Morgan fingerprint density at radius 2 is 1.83 bits per heavy atom. The highest BCUT2D eigenvalue weighted by atomic mass is 19.4. The summed E-state index contributed by atoms with van der Waals surface area (Å²) in [6.07, 6.45) is -1.72. The summed E-state index contributed by atoms with van der Waals surface area (Å²) in [6, 6.07) is 7.01. The number of ether oxygens (including phenoxy) is 1. The number of aromatic nitrogens is 3. The molecule has 0 amide bonds. The molecule has 0 aliphatic heterocycles. The Balaban J connectivity index is 1.65. The van der Waals surface area contributed by atoms with Gasteiger partial charge in [-0.1, -0.05) is 5.16 Å². The van der Waals surface area contributed by atoms with Crippen molar-refractivity contribution < 1.29 is 27.2 Å². The number of aryl methyl sites for hydroxylation is 4. The number of hydrogen-bond donors (Lipinski definition) is 0. The van der Waals surface area contributed by atoms with Gasteiger partial charge in [0.1, 0.15) is 5.75 Å². The van der Waals surface area contributed by atoms with Crippen molar-refractivity contribution in [1.29, 1.82) is 0 Å². The molecule has 0 aliphatic carbocycles. The first-order valence-corrected chi connectivity index (χ1v) is 8.99. The molecular formula is C20H20F3N3O3. The number of alkyl halides is 3. The van der Waals surface area contributed by atoms with Crippen molar-refractivity contribution in [3.63, 3.8) is 0 Å². The van der Waals surface area contributed by atoms with Crippen LogP contribution in [0.15, 0.2) is 35.0 Å². The average Bonchev–Trinajstić information content (AvgIpc) is 3.14. The highest BCUT2D eigenvalue weighted by Crippen LogP contribution is 2.32. The van der Waals surface area contributed by atoms with Gasteiger partial charge >= 0.3 is 12.1 Å². The number of nitrogens with zero attached hydrogens (tertiary/aromatic N) is 3. The van der Waals surface area contributed by atoms with Crippen LogP contribution in [0.4, 0.5) is 13.2 Å². The van der Waals surface area contributed by atoms with Gasteiger partial charge in [0.2, 0.25) is 5.82 Å². The first-order chi connectivity index (χ1) is 13.6. The lowest BCUT2D eigenvalue weighted by Crippen LogP contribution is -2.29. The van der Waals surface area contributed by atoms with Crippen LogP contribution in [0.1, 0.15) is 34.7 Å². The van der Waals surface area contributed by atoms with Gasteiger partial charge in [0, 0.05) is 24.1 Å². The molecule has 1 aromatic carbocycles. The maximum Gasteiger partial charge on any atom is 0.471 e. The molecule has 6 nitrogen and oxygen atoms in total. The number of benzene rings is 1. The van der Waals surface area contributed by atoms with Gasteiger partial charge in [0.25, 0.3) is 0 Å². The minimum absolute atomic E-state index is 0.125. The maximum atomic E-state index is 12.6. The second-order valence-electron chi connectivity index (χ2n) is 6.82. The molecule has 9 heteroatoms. The van der Waals surface area contributed by atoms with Crippen LogP contribution in [0.25, 0.3) is 11.4 Å². The van der Waals surface area contributed by atoms with E-state index in [4.69, 9.17) is 4.74 Å². The smallest absolute Gasteiger partial charge is 0.471 e. The van der Waals surface area contributed by atoms with Crippen LogP contribution in [-0.2, 0) is 12.6 Å². The fourth-order valence-electron chi connectivity index (χ4n) is 2.96. The highest BCUT2D eigenvalue weighted by Gasteiger charge is 2.38. The SMILES string of the molecule is Cc1cc(-c2noc(C(F)(F)F)n2)cc(C)c1OCCCc1ccc(C)[n+]([O-])c1. The number of halogens is 3. The molecule has 2 heterocycles. The van der Waals surface area contributed by atoms with Crippen molar-refractivity contribution in [2.45, 2.75) is 39.8 Å². The predicted octanol–water partition coefficient (Wildman–Crippen LogP) is 4.33. The Morgan fingerprint density at radius 3 is 2.41 bits per heavy atom. The molecule has 0 atom stereocenters. The molecule has 0 radical (unpaired) electrons. The Hall–Kier alpha value is -3.10. The second-order valence-corrected chi connectivity index (χ2v) is 6.82. The topological polar surface area (TPSA) is 75.1 Å². The Labute approximate surface area is 165 Å². The van der Waals surface area contributed by atoms with E-state index >= 15 is 0 Å². The lowest BCUT2D eigenvalue weighted by Gasteiger charge is -2.13. The summed E-state index contributed by atoms with van der Waals surface area (Å²) in [4.78, 5) is 3.41. The van der Waals surface area contributed by atoms with Crippen molar-refractivity contribution in [2.75, 3.05) is 6.61 Å². The Bertz CT molecular complexity index is 993. The summed E-state index contributed by atoms with van der Waals surface area (Å²) >= 11 is 0. The molecular weight excluding hydrogens is 387 g/mol. The maximum absolute atomic E-state index is 12.6. The van der Waals surface area contributed by atoms with Crippen molar-refractivity contribution in [1.82, 2.24) is 10.1 Å². The molecule has 0 saturated heterocycles. The quantitative estimate of drug-likeness (QED) is 0.346. The number of hydrogen-bond acceptors (Lipinski definition) is 5. The van der Waals surface area contributed by atoms with Crippen LogP contribution >= 0.6 is 0 Å². The lowest BCUT2D eigenvalue weighted by molar-refractivity contribution is -0.612. The summed E-state index contributed by atoms with van der Waals surface area (Å²) in [7, 11) is 0. The van der Waals surface area contributed by atoms with E-state index in [9.17, 15) is 18.4 Å². The zero-order valence-corrected chi connectivity index (χ0v) is 16.2. The molecule has 3 aromatic rings. The molecule has 0 aliphatic rings. The summed E-state index contributed by atoms with van der Waals surface area (Å²) in [5.41, 5.74) is 3.50. The molecule has 154 valence electrons. The normalized spacial score (nSPS) is 11.7. The minimum Gasteiger partial charge on any atom is -0.619 e. The molecule has 0 saturated carbocycles. The van der Waals surface area contributed by atoms with Gasteiger partial charge in [-0.05, 0) is 56.0 Å². The van der Waals surface area contributed by atoms with Crippen molar-refractivity contribution in [2.24, 2.45) is 0 Å². The predicted molar refractivity (Wildman–Crippen MR) is 98.2 cm³/mol. The average molecular weight is 407 g/mol. The standard InChI is InChI=1S/C20H20F3N3O3/c1-12-9-16(18-24-19(29-25-18)20(21,22)23)10-13(2)17(12)28-8-4-5-15-7-6-14(3)26(27)11-15/h6-7,9-11H,4-5,8H2,1-3H3. The molecule has 3 rings (SSSR count). The van der Waals surface area contributed by atoms with Crippen LogP contribution in [0.2, 0.25) is 0 Å². The molecule has 0 unspecified atom stereocenters. The Morgan fingerprint density at radius 1 is 1.14 bits per heavy atom. The van der Waals surface area contributed by atoms with E-state index < -0.39 is 12.1 Å². The van der Waals surface area contributed by atoms with Crippen molar-refractivity contribution >= 4 is 0 Å². The van der Waals surface area contributed by atoms with Gasteiger partial charge in [0.15, 0.2) is 11.9 Å². The lowest BCUT2D eigenvalue weighted by atomic mass is 10.1. The van der Waals surface area contributed by atoms with E-state index in [2.05, 4.69) is 14.7 Å². The van der Waals surface area contributed by atoms with Gasteiger partial charge < -0.3 is 14.5 Å². The molecule has 0 fully saturated rings. The molecule has 0 spiro atoms. The van der Waals surface area contributed by atoms with Crippen LogP contribution in [0.3, 0.4) is 0 Å². The molecule has 29 heavy (non-hydrogen) atoms. The van der Waals surface area contributed by atoms with Gasteiger partial charge in [-0.25, -0.2) is 0 Å². The van der Waals surface area contributed by atoms with E-state index in [-0.39, 0.29) is 5.82 Å². The van der Waals surface area contributed by atoms with Gasteiger partial charge in [0.05, 0.1) is 6.61 Å². The van der Waals surface area contributed by atoms with Crippen LogP contribution in [0.5, 0.6) is 5.75 Å². The number of rotatable bonds is 6. The van der Waals surface area contributed by atoms with Crippen LogP contribution < -0.4 is 9.47 Å². The van der Waals surface area contributed by atoms with Crippen LogP contribution in [-0.4, -0.2) is 16.7 Å². The molecule has 2 aromatic heterocycles. The van der Waals surface area contributed by atoms with Crippen molar-refractivity contribution in [3.8, 4) is 17.1 Å². The Kier molecular flexibility index (Phi) is 5.76. The van der Waals surface area contributed by atoms with E-state index in [1.54, 1.807) is 45.2 Å². The minimum atomic E-state index is -4.68. The van der Waals surface area contributed by atoms with Gasteiger partial charge in [-0.3, -0.25) is 0 Å². The van der Waals surface area contributed by atoms with Gasteiger partial charge in [-0.2, -0.15) is 22.9 Å². The van der Waals surface area contributed by atoms with Crippen molar-refractivity contribution in [3.05, 3.63) is 63.9 Å². The third-order valence-electron chi connectivity index (χ3n) is 4.41. The second kappa shape index (κ2) is 8.10.